The van der Waals surface area contributed by atoms with Gasteiger partial charge < -0.3 is 10.2 Å². The first-order chi connectivity index (χ1) is 16.8. The minimum atomic E-state index is -3.53. The molecular weight excluding hydrogens is 479 g/mol. The average Bonchev–Trinajstić information content (AvgIpc) is 2.79. The summed E-state index contributed by atoms with van der Waals surface area (Å²) in [6, 6.07) is 11.4. The van der Waals surface area contributed by atoms with Gasteiger partial charge >= 0.3 is 0 Å². The molecule has 2 aromatic carbocycles. The number of hydrogen-bond acceptors (Lipinski definition) is 5. The number of piperidine rings is 1. The molecule has 7 nitrogen and oxygen atoms in total. The lowest BCUT2D eigenvalue weighted by Gasteiger charge is -2.37. The van der Waals surface area contributed by atoms with Crippen LogP contribution in [0.15, 0.2) is 42.5 Å². The summed E-state index contributed by atoms with van der Waals surface area (Å²) in [7, 11) is -3.53. The SMILES string of the molecule is Cc1cc([C@@H](C)NC(=O)c2ccc3nc(N4CCC(C)(C)CC4)ccc3c2)c(F)cc1NS(C)(=O)=O. The molecule has 3 aromatic rings. The smallest absolute Gasteiger partial charge is 0.251 e. The fourth-order valence-electron chi connectivity index (χ4n) is 4.48. The van der Waals surface area contributed by atoms with Crippen LogP contribution in [0.3, 0.4) is 0 Å². The molecule has 2 heterocycles. The average molecular weight is 513 g/mol. The summed E-state index contributed by atoms with van der Waals surface area (Å²) in [6.07, 6.45) is 3.26. The Hall–Kier alpha value is -3.20. The Labute approximate surface area is 212 Å². The van der Waals surface area contributed by atoms with E-state index in [1.165, 1.54) is 0 Å². The number of fused-ring (bicyclic) bond motifs is 1. The lowest BCUT2D eigenvalue weighted by molar-refractivity contribution is 0.0939. The molecule has 0 radical (unpaired) electrons. The predicted molar refractivity (Wildman–Crippen MR) is 142 cm³/mol. The topological polar surface area (TPSA) is 91.4 Å². The molecule has 192 valence electrons. The van der Waals surface area contributed by atoms with Gasteiger partial charge in [0.05, 0.1) is 23.5 Å². The molecule has 4 rings (SSSR count). The number of sulfonamides is 1. The van der Waals surface area contributed by atoms with Gasteiger partial charge in [0.15, 0.2) is 0 Å². The molecule has 0 saturated carbocycles. The number of nitrogens with one attached hydrogen (secondary N) is 2. The highest BCUT2D eigenvalue weighted by Gasteiger charge is 2.26. The van der Waals surface area contributed by atoms with Crippen LogP contribution in [0, 0.1) is 18.2 Å². The van der Waals surface area contributed by atoms with E-state index < -0.39 is 21.9 Å². The Balaban J connectivity index is 1.48. The van der Waals surface area contributed by atoms with Crippen molar-refractivity contribution >= 4 is 38.3 Å². The van der Waals surface area contributed by atoms with E-state index in [0.29, 0.717) is 16.5 Å². The van der Waals surface area contributed by atoms with E-state index in [1.54, 1.807) is 32.0 Å². The summed E-state index contributed by atoms with van der Waals surface area (Å²) in [4.78, 5) is 20.1. The third-order valence-electron chi connectivity index (χ3n) is 6.83. The highest BCUT2D eigenvalue weighted by Crippen LogP contribution is 2.32. The van der Waals surface area contributed by atoms with E-state index in [4.69, 9.17) is 4.98 Å². The molecule has 2 N–H and O–H groups in total. The van der Waals surface area contributed by atoms with Crippen molar-refractivity contribution in [3.63, 3.8) is 0 Å². The second-order valence-electron chi connectivity index (χ2n) is 10.5. The lowest BCUT2D eigenvalue weighted by atomic mass is 9.83. The monoisotopic (exact) mass is 512 g/mol. The van der Waals surface area contributed by atoms with Crippen LogP contribution in [0.25, 0.3) is 10.9 Å². The van der Waals surface area contributed by atoms with Crippen molar-refractivity contribution in [2.45, 2.75) is 46.6 Å². The standard InChI is InChI=1S/C27H33FN4O3S/c1-17-14-21(22(28)16-24(17)31-36(5,34)35)18(2)29-26(33)20-6-8-23-19(15-20)7-9-25(30-23)32-12-10-27(3,4)11-13-32/h6-9,14-16,18,31H,10-13H2,1-5H3,(H,29,33)/t18-/m1/s1. The third kappa shape index (κ3) is 5.95. The highest BCUT2D eigenvalue weighted by atomic mass is 32.2. The maximum atomic E-state index is 14.8. The minimum Gasteiger partial charge on any atom is -0.357 e. The quantitative estimate of drug-likeness (QED) is 0.475. The molecule has 36 heavy (non-hydrogen) atoms. The summed E-state index contributed by atoms with van der Waals surface area (Å²) in [5.41, 5.74) is 2.64. The van der Waals surface area contributed by atoms with Crippen LogP contribution in [0.1, 0.15) is 61.1 Å². The van der Waals surface area contributed by atoms with Gasteiger partial charge in [-0.25, -0.2) is 17.8 Å². The molecule has 0 spiro atoms. The maximum Gasteiger partial charge on any atom is 0.251 e. The number of amides is 1. The van der Waals surface area contributed by atoms with Gasteiger partial charge in [0.25, 0.3) is 5.91 Å². The molecular formula is C27H33FN4O3S. The van der Waals surface area contributed by atoms with Crippen LogP contribution in [-0.4, -0.2) is 38.7 Å². The molecule has 1 amide bonds. The molecule has 1 saturated heterocycles. The second kappa shape index (κ2) is 9.69. The van der Waals surface area contributed by atoms with E-state index >= 15 is 0 Å². The van der Waals surface area contributed by atoms with Gasteiger partial charge in [-0.15, -0.1) is 0 Å². The number of carbonyl (C=O) groups is 1. The summed E-state index contributed by atoms with van der Waals surface area (Å²) in [5.74, 6) is 0.0153. The van der Waals surface area contributed by atoms with E-state index in [2.05, 4.69) is 28.8 Å². The third-order valence-corrected chi connectivity index (χ3v) is 7.42. The van der Waals surface area contributed by atoms with Gasteiger partial charge in [-0.05, 0) is 80.1 Å². The number of nitrogens with zero attached hydrogens (tertiary/aromatic N) is 2. The Morgan fingerprint density at radius 3 is 2.47 bits per heavy atom. The van der Waals surface area contributed by atoms with Gasteiger partial charge in [-0.2, -0.15) is 0 Å². The van der Waals surface area contributed by atoms with E-state index in [1.807, 2.05) is 18.2 Å². The highest BCUT2D eigenvalue weighted by molar-refractivity contribution is 7.92. The van der Waals surface area contributed by atoms with Gasteiger partial charge in [0, 0.05) is 29.6 Å². The fourth-order valence-corrected chi connectivity index (χ4v) is 5.10. The number of benzene rings is 2. The van der Waals surface area contributed by atoms with Crippen LogP contribution in [0.2, 0.25) is 0 Å². The Morgan fingerprint density at radius 2 is 1.81 bits per heavy atom. The van der Waals surface area contributed by atoms with Crippen molar-refractivity contribution in [1.29, 1.82) is 0 Å². The first-order valence-electron chi connectivity index (χ1n) is 12.1. The number of aromatic nitrogens is 1. The number of aryl methyl sites for hydroxylation is 1. The number of carbonyl (C=O) groups excluding carboxylic acids is 1. The molecule has 1 aliphatic heterocycles. The van der Waals surface area contributed by atoms with Crippen LogP contribution < -0.4 is 14.9 Å². The zero-order valence-electron chi connectivity index (χ0n) is 21.4. The van der Waals surface area contributed by atoms with Crippen LogP contribution in [0.5, 0.6) is 0 Å². The molecule has 0 unspecified atom stereocenters. The molecule has 1 atom stereocenters. The largest absolute Gasteiger partial charge is 0.357 e. The van der Waals surface area contributed by atoms with Crippen molar-refractivity contribution in [2.75, 3.05) is 29.0 Å². The summed E-state index contributed by atoms with van der Waals surface area (Å²) < 4.78 is 40.1. The lowest BCUT2D eigenvalue weighted by Crippen LogP contribution is -2.37. The molecule has 9 heteroatoms. The van der Waals surface area contributed by atoms with Crippen molar-refractivity contribution in [3.8, 4) is 0 Å². The van der Waals surface area contributed by atoms with Crippen LogP contribution in [0.4, 0.5) is 15.9 Å². The first kappa shape index (κ1) is 25.9. The van der Waals surface area contributed by atoms with E-state index in [-0.39, 0.29) is 17.2 Å². The van der Waals surface area contributed by atoms with Crippen LogP contribution >= 0.6 is 0 Å². The van der Waals surface area contributed by atoms with E-state index in [9.17, 15) is 17.6 Å². The molecule has 1 aliphatic rings. The number of halogens is 1. The van der Waals surface area contributed by atoms with Gasteiger partial charge in [0.1, 0.15) is 11.6 Å². The normalized spacial score (nSPS) is 16.6. The van der Waals surface area contributed by atoms with E-state index in [0.717, 1.165) is 55.0 Å². The fraction of sp³-hybridized carbons (Fsp3) is 0.407. The number of rotatable bonds is 6. The summed E-state index contributed by atoms with van der Waals surface area (Å²) in [5, 5.41) is 3.69. The maximum absolute atomic E-state index is 14.8. The zero-order valence-corrected chi connectivity index (χ0v) is 22.2. The number of hydrogen-bond donors (Lipinski definition) is 2. The Bertz CT molecular complexity index is 1410. The van der Waals surface area contributed by atoms with Gasteiger partial charge in [0.2, 0.25) is 10.0 Å². The molecule has 1 fully saturated rings. The molecule has 0 aliphatic carbocycles. The minimum absolute atomic E-state index is 0.173. The van der Waals surface area contributed by atoms with Gasteiger partial charge in [-0.3, -0.25) is 9.52 Å². The van der Waals surface area contributed by atoms with Crippen molar-refractivity contribution in [3.05, 3.63) is 65.0 Å². The predicted octanol–water partition coefficient (Wildman–Crippen LogP) is 5.17. The summed E-state index contributed by atoms with van der Waals surface area (Å²) in [6.45, 7) is 9.92. The number of anilines is 2. The first-order valence-corrected chi connectivity index (χ1v) is 13.9. The molecule has 0 bridgehead atoms. The Kier molecular flexibility index (Phi) is 6.96. The van der Waals surface area contributed by atoms with Crippen molar-refractivity contribution in [1.82, 2.24) is 10.3 Å². The van der Waals surface area contributed by atoms with Crippen molar-refractivity contribution < 1.29 is 17.6 Å². The van der Waals surface area contributed by atoms with Crippen molar-refractivity contribution in [2.24, 2.45) is 5.41 Å². The number of pyridine rings is 1. The molecule has 1 aromatic heterocycles. The zero-order chi connectivity index (χ0) is 26.3. The van der Waals surface area contributed by atoms with Gasteiger partial charge in [-0.1, -0.05) is 13.8 Å². The second-order valence-corrected chi connectivity index (χ2v) is 12.2. The Morgan fingerprint density at radius 1 is 1.11 bits per heavy atom. The van der Waals surface area contributed by atoms with Crippen LogP contribution in [-0.2, 0) is 10.0 Å². The summed E-state index contributed by atoms with van der Waals surface area (Å²) >= 11 is 0.